The Bertz CT molecular complexity index is 923. The van der Waals surface area contributed by atoms with Crippen LogP contribution in [0, 0.1) is 11.6 Å². The zero-order valence-corrected chi connectivity index (χ0v) is 17.1. The summed E-state index contributed by atoms with van der Waals surface area (Å²) < 4.78 is 35.0. The number of anilines is 2. The number of nitrogens with zero attached hydrogens (tertiary/aromatic N) is 5. The maximum Gasteiger partial charge on any atom is 0.414 e. The molecule has 2 aliphatic heterocycles. The third-order valence-electron chi connectivity index (χ3n) is 5.58. The Morgan fingerprint density at radius 1 is 1.19 bits per heavy atom. The van der Waals surface area contributed by atoms with Gasteiger partial charge in [-0.3, -0.25) is 9.69 Å². The van der Waals surface area contributed by atoms with Crippen LogP contribution in [0.2, 0.25) is 0 Å². The summed E-state index contributed by atoms with van der Waals surface area (Å²) >= 11 is 0. The van der Waals surface area contributed by atoms with Crippen LogP contribution in [0.1, 0.15) is 32.2 Å². The van der Waals surface area contributed by atoms with Crippen molar-refractivity contribution >= 4 is 23.4 Å². The normalized spacial score (nSPS) is 19.6. The molecular weight excluding hydrogens is 410 g/mol. The number of benzene rings is 1. The van der Waals surface area contributed by atoms with Crippen molar-refractivity contribution in [1.29, 1.82) is 0 Å². The van der Waals surface area contributed by atoms with Crippen LogP contribution in [0.5, 0.6) is 0 Å². The lowest BCUT2D eigenvalue weighted by molar-refractivity contribution is -0.121. The van der Waals surface area contributed by atoms with Crippen LogP contribution in [-0.2, 0) is 9.53 Å². The van der Waals surface area contributed by atoms with E-state index in [9.17, 15) is 18.4 Å². The summed E-state index contributed by atoms with van der Waals surface area (Å²) in [4.78, 5) is 28.0. The van der Waals surface area contributed by atoms with E-state index in [0.717, 1.165) is 12.1 Å². The molecule has 2 saturated heterocycles. The van der Waals surface area contributed by atoms with Crippen LogP contribution in [0.25, 0.3) is 0 Å². The summed E-state index contributed by atoms with van der Waals surface area (Å²) in [6.45, 7) is 2.89. The summed E-state index contributed by atoms with van der Waals surface area (Å²) in [5.41, 5.74) is -0.0151. The maximum absolute atomic E-state index is 14.9. The molecule has 1 unspecified atom stereocenters. The number of aromatic nitrogens is 3. The first kappa shape index (κ1) is 21.0. The number of ether oxygens (including phenoxy) is 1. The van der Waals surface area contributed by atoms with Crippen LogP contribution >= 0.6 is 0 Å². The van der Waals surface area contributed by atoms with Gasteiger partial charge in [-0.25, -0.2) is 13.6 Å². The highest BCUT2D eigenvalue weighted by atomic mass is 19.1. The number of carbonyl (C=O) groups is 2. The molecule has 3 heterocycles. The predicted octanol–water partition coefficient (Wildman–Crippen LogP) is 2.25. The van der Waals surface area contributed by atoms with Crippen LogP contribution in [-0.4, -0.2) is 59.3 Å². The van der Waals surface area contributed by atoms with Crippen LogP contribution < -0.4 is 15.1 Å². The van der Waals surface area contributed by atoms with Crippen molar-refractivity contribution in [2.75, 3.05) is 36.0 Å². The van der Waals surface area contributed by atoms with Gasteiger partial charge in [-0.2, -0.15) is 15.0 Å². The van der Waals surface area contributed by atoms with E-state index in [0.29, 0.717) is 32.4 Å². The minimum absolute atomic E-state index is 0.0868. The lowest BCUT2D eigenvalue weighted by atomic mass is 10.0. The number of cyclic esters (lactones) is 1. The molecule has 0 aliphatic carbocycles. The topological polar surface area (TPSA) is 92.6 Å². The van der Waals surface area contributed by atoms with Crippen molar-refractivity contribution in [1.82, 2.24) is 20.3 Å². The quantitative estimate of drug-likeness (QED) is 0.750. The lowest BCUT2D eigenvalue weighted by Crippen LogP contribution is -2.36. The highest BCUT2D eigenvalue weighted by Gasteiger charge is 2.34. The molecule has 0 bridgehead atoms. The number of rotatable bonds is 6. The van der Waals surface area contributed by atoms with Gasteiger partial charge < -0.3 is 15.0 Å². The fraction of sp³-hybridized carbons (Fsp3) is 0.500. The second-order valence-corrected chi connectivity index (χ2v) is 7.60. The second-order valence-electron chi connectivity index (χ2n) is 7.60. The molecule has 11 heteroatoms. The number of piperidine rings is 1. The molecule has 0 saturated carbocycles. The molecule has 4 rings (SSSR count). The molecule has 2 fully saturated rings. The molecule has 9 nitrogen and oxygen atoms in total. The first-order valence-electron chi connectivity index (χ1n) is 10.3. The molecule has 2 amide bonds. The van der Waals surface area contributed by atoms with Crippen molar-refractivity contribution in [2.24, 2.45) is 0 Å². The highest BCUT2D eigenvalue weighted by molar-refractivity contribution is 5.90. The zero-order valence-electron chi connectivity index (χ0n) is 17.1. The van der Waals surface area contributed by atoms with Crippen LogP contribution in [0.3, 0.4) is 0 Å². The van der Waals surface area contributed by atoms with E-state index in [1.54, 1.807) is 29.0 Å². The van der Waals surface area contributed by atoms with Crippen LogP contribution in [0.15, 0.2) is 24.5 Å². The summed E-state index contributed by atoms with van der Waals surface area (Å²) in [7, 11) is 0. The fourth-order valence-corrected chi connectivity index (χ4v) is 3.94. The number of carbonyl (C=O) groups excluding carboxylic acids is 2. The summed E-state index contributed by atoms with van der Waals surface area (Å²) in [6.07, 6.45) is 3.58. The van der Waals surface area contributed by atoms with Crippen LogP contribution in [0.4, 0.5) is 25.0 Å². The molecule has 2 aromatic rings. The monoisotopic (exact) mass is 434 g/mol. The van der Waals surface area contributed by atoms with Gasteiger partial charge in [0, 0.05) is 31.6 Å². The molecular formula is C20H24F2N6O3. The maximum atomic E-state index is 14.9. The average molecular weight is 434 g/mol. The second kappa shape index (κ2) is 8.86. The standard InChI is InChI=1S/C20H24F2N6O3/c1-2-18(29)23-11-15-12-27(20(30)31-15)14-9-16(21)19(17(22)10-14)26-7-3-13(4-8-26)28-24-5-6-25-28/h5-6,9-10,13,15H,2-4,7-8,11-12H2,1H3,(H,23,29). The van der Waals surface area contributed by atoms with Crippen molar-refractivity contribution in [3.8, 4) is 0 Å². The van der Waals surface area contributed by atoms with E-state index in [4.69, 9.17) is 4.74 Å². The van der Waals surface area contributed by atoms with Gasteiger partial charge in [-0.1, -0.05) is 6.92 Å². The molecule has 2 aliphatic rings. The van der Waals surface area contributed by atoms with Gasteiger partial charge in [0.2, 0.25) is 5.91 Å². The average Bonchev–Trinajstić information content (AvgIpc) is 3.42. The third-order valence-corrected chi connectivity index (χ3v) is 5.58. The van der Waals surface area contributed by atoms with Crippen molar-refractivity contribution in [3.05, 3.63) is 36.2 Å². The van der Waals surface area contributed by atoms with Gasteiger partial charge in [0.1, 0.15) is 11.8 Å². The van der Waals surface area contributed by atoms with E-state index in [1.807, 2.05) is 0 Å². The summed E-state index contributed by atoms with van der Waals surface area (Å²) in [5, 5.41) is 10.9. The Morgan fingerprint density at radius 2 is 1.84 bits per heavy atom. The number of nitrogens with one attached hydrogen (secondary N) is 1. The Morgan fingerprint density at radius 3 is 2.45 bits per heavy atom. The Balaban J connectivity index is 1.43. The zero-order chi connectivity index (χ0) is 22.0. The molecule has 1 aromatic carbocycles. The summed E-state index contributed by atoms with van der Waals surface area (Å²) in [6, 6.07) is 2.39. The van der Waals surface area contributed by atoms with Crippen molar-refractivity contribution in [3.63, 3.8) is 0 Å². The first-order valence-corrected chi connectivity index (χ1v) is 10.3. The minimum Gasteiger partial charge on any atom is -0.442 e. The van der Waals surface area contributed by atoms with Gasteiger partial charge in [0.15, 0.2) is 11.6 Å². The fourth-order valence-electron chi connectivity index (χ4n) is 3.94. The largest absolute Gasteiger partial charge is 0.442 e. The number of hydrogen-bond donors (Lipinski definition) is 1. The molecule has 1 N–H and O–H groups in total. The van der Waals surface area contributed by atoms with Gasteiger partial charge in [-0.05, 0) is 12.8 Å². The molecule has 166 valence electrons. The van der Waals surface area contributed by atoms with E-state index in [-0.39, 0.29) is 36.4 Å². The van der Waals surface area contributed by atoms with E-state index >= 15 is 0 Å². The predicted molar refractivity (Wildman–Crippen MR) is 108 cm³/mol. The number of amides is 2. The molecule has 31 heavy (non-hydrogen) atoms. The highest BCUT2D eigenvalue weighted by Crippen LogP contribution is 2.33. The van der Waals surface area contributed by atoms with E-state index in [2.05, 4.69) is 15.5 Å². The minimum atomic E-state index is -0.735. The van der Waals surface area contributed by atoms with Gasteiger partial charge in [0.05, 0.1) is 37.2 Å². The third kappa shape index (κ3) is 4.44. The van der Waals surface area contributed by atoms with Gasteiger partial charge in [-0.15, -0.1) is 0 Å². The Kier molecular flexibility index (Phi) is 6.01. The van der Waals surface area contributed by atoms with Gasteiger partial charge >= 0.3 is 6.09 Å². The molecule has 1 atom stereocenters. The van der Waals surface area contributed by atoms with E-state index in [1.165, 1.54) is 4.90 Å². The SMILES string of the molecule is CCC(=O)NCC1CN(c2cc(F)c(N3CCC(n4nccn4)CC3)c(F)c2)C(=O)O1. The first-order chi connectivity index (χ1) is 15.0. The summed E-state index contributed by atoms with van der Waals surface area (Å²) in [5.74, 6) is -1.63. The van der Waals surface area contributed by atoms with E-state index < -0.39 is 23.8 Å². The molecule has 0 spiro atoms. The number of halogens is 2. The Labute approximate surface area is 177 Å². The number of hydrogen-bond acceptors (Lipinski definition) is 6. The van der Waals surface area contributed by atoms with Crippen molar-refractivity contribution in [2.45, 2.75) is 38.3 Å². The Hall–Kier alpha value is -3.24. The smallest absolute Gasteiger partial charge is 0.414 e. The molecule has 0 radical (unpaired) electrons. The lowest BCUT2D eigenvalue weighted by Gasteiger charge is -2.33. The molecule has 1 aromatic heterocycles. The van der Waals surface area contributed by atoms with Gasteiger partial charge in [0.25, 0.3) is 0 Å². The van der Waals surface area contributed by atoms with Crippen molar-refractivity contribution < 1.29 is 23.1 Å².